The van der Waals surface area contributed by atoms with Crippen molar-refractivity contribution >= 4 is 57.4 Å². The first-order valence-corrected chi connectivity index (χ1v) is 10.2. The average Bonchev–Trinajstić information content (AvgIpc) is 2.71. The number of amides is 2. The van der Waals surface area contributed by atoms with Gasteiger partial charge in [0, 0.05) is 12.5 Å². The first-order valence-electron chi connectivity index (χ1n) is 8.99. The largest absolute Gasteiger partial charge is 0.491 e. The molecule has 1 aliphatic rings. The Bertz CT molecular complexity index is 1080. The molecule has 0 aromatic heterocycles. The van der Waals surface area contributed by atoms with E-state index in [9.17, 15) is 24.1 Å². The number of carbonyl (C=O) groups excluding carboxylic acids is 2. The van der Waals surface area contributed by atoms with Crippen LogP contribution < -0.4 is 15.4 Å². The molecular formula is C19H16ClFN4O5S. The molecule has 2 aromatic carbocycles. The molecular weight excluding hydrogens is 451 g/mol. The maximum absolute atomic E-state index is 13.3. The SMILES string of the molecule is CCOc1cc([N+](=O)[O-])ccc1NC(=O)[C@@H]1CC(=O)NC(=Nc2ccc(F)c(Cl)c2)S1. The van der Waals surface area contributed by atoms with Crippen LogP contribution in [0.3, 0.4) is 0 Å². The second kappa shape index (κ2) is 9.75. The molecule has 1 aliphatic heterocycles. The Balaban J connectivity index is 1.78. The maximum Gasteiger partial charge on any atom is 0.273 e. The third-order valence-electron chi connectivity index (χ3n) is 4.03. The van der Waals surface area contributed by atoms with E-state index in [0.717, 1.165) is 17.8 Å². The van der Waals surface area contributed by atoms with Crippen molar-refractivity contribution in [3.8, 4) is 5.75 Å². The Kier molecular flexibility index (Phi) is 7.08. The van der Waals surface area contributed by atoms with E-state index in [2.05, 4.69) is 15.6 Å². The van der Waals surface area contributed by atoms with Gasteiger partial charge in [0.15, 0.2) is 5.17 Å². The molecule has 2 N–H and O–H groups in total. The predicted octanol–water partition coefficient (Wildman–Crippen LogP) is 4.03. The van der Waals surface area contributed by atoms with Crippen LogP contribution >= 0.6 is 23.4 Å². The van der Waals surface area contributed by atoms with Crippen molar-refractivity contribution < 1.29 is 23.6 Å². The number of amidine groups is 1. The van der Waals surface area contributed by atoms with Gasteiger partial charge in [0.25, 0.3) is 5.69 Å². The fraction of sp³-hybridized carbons (Fsp3) is 0.211. The summed E-state index contributed by atoms with van der Waals surface area (Å²) in [6.45, 7) is 1.94. The maximum atomic E-state index is 13.3. The number of nitrogens with one attached hydrogen (secondary N) is 2. The van der Waals surface area contributed by atoms with Crippen molar-refractivity contribution in [2.45, 2.75) is 18.6 Å². The molecule has 31 heavy (non-hydrogen) atoms. The number of benzene rings is 2. The van der Waals surface area contributed by atoms with Crippen molar-refractivity contribution in [3.05, 3.63) is 57.4 Å². The molecule has 0 unspecified atom stereocenters. The Hall–Kier alpha value is -3.18. The number of ether oxygens (including phenoxy) is 1. The number of hydrogen-bond acceptors (Lipinski definition) is 7. The molecule has 162 valence electrons. The number of carbonyl (C=O) groups is 2. The van der Waals surface area contributed by atoms with Gasteiger partial charge in [-0.3, -0.25) is 19.7 Å². The van der Waals surface area contributed by atoms with Gasteiger partial charge < -0.3 is 15.4 Å². The van der Waals surface area contributed by atoms with E-state index in [-0.39, 0.29) is 40.3 Å². The Labute approximate surface area is 185 Å². The number of aliphatic imine (C=N–C) groups is 1. The monoisotopic (exact) mass is 466 g/mol. The number of thioether (sulfide) groups is 1. The first kappa shape index (κ1) is 22.5. The number of nitro groups is 1. The highest BCUT2D eigenvalue weighted by atomic mass is 35.5. The summed E-state index contributed by atoms with van der Waals surface area (Å²) in [6.07, 6.45) is -0.101. The van der Waals surface area contributed by atoms with Gasteiger partial charge in [-0.05, 0) is 31.2 Å². The number of halogens is 2. The summed E-state index contributed by atoms with van der Waals surface area (Å²) in [4.78, 5) is 39.4. The zero-order chi connectivity index (χ0) is 22.5. The number of nitrogens with zero attached hydrogens (tertiary/aromatic N) is 2. The molecule has 1 saturated heterocycles. The molecule has 1 fully saturated rings. The van der Waals surface area contributed by atoms with Gasteiger partial charge >= 0.3 is 0 Å². The Morgan fingerprint density at radius 2 is 2.19 bits per heavy atom. The van der Waals surface area contributed by atoms with Crippen molar-refractivity contribution in [2.24, 2.45) is 4.99 Å². The van der Waals surface area contributed by atoms with E-state index >= 15 is 0 Å². The zero-order valence-electron chi connectivity index (χ0n) is 16.1. The van der Waals surface area contributed by atoms with E-state index in [1.54, 1.807) is 6.92 Å². The van der Waals surface area contributed by atoms with Crippen LogP contribution in [0.25, 0.3) is 0 Å². The average molecular weight is 467 g/mol. The van der Waals surface area contributed by atoms with Gasteiger partial charge in [-0.1, -0.05) is 23.4 Å². The molecule has 9 nitrogen and oxygen atoms in total. The van der Waals surface area contributed by atoms with Gasteiger partial charge in [-0.2, -0.15) is 0 Å². The van der Waals surface area contributed by atoms with Crippen molar-refractivity contribution in [3.63, 3.8) is 0 Å². The Morgan fingerprint density at radius 1 is 1.42 bits per heavy atom. The number of hydrogen-bond donors (Lipinski definition) is 2. The fourth-order valence-electron chi connectivity index (χ4n) is 2.63. The summed E-state index contributed by atoms with van der Waals surface area (Å²) in [6, 6.07) is 7.64. The van der Waals surface area contributed by atoms with Gasteiger partial charge in [0.05, 0.1) is 34.0 Å². The van der Waals surface area contributed by atoms with Gasteiger partial charge in [-0.15, -0.1) is 0 Å². The van der Waals surface area contributed by atoms with Crippen molar-refractivity contribution in [1.82, 2.24) is 5.32 Å². The molecule has 0 aliphatic carbocycles. The van der Waals surface area contributed by atoms with Crippen LogP contribution in [0, 0.1) is 15.9 Å². The van der Waals surface area contributed by atoms with Crippen LogP contribution in [-0.4, -0.2) is 33.8 Å². The van der Waals surface area contributed by atoms with Gasteiger partial charge in [0.2, 0.25) is 11.8 Å². The minimum atomic E-state index is -0.812. The van der Waals surface area contributed by atoms with E-state index in [1.807, 2.05) is 0 Å². The number of non-ortho nitro benzene ring substituents is 1. The molecule has 3 rings (SSSR count). The summed E-state index contributed by atoms with van der Waals surface area (Å²) >= 11 is 6.76. The number of rotatable bonds is 6. The summed E-state index contributed by atoms with van der Waals surface area (Å²) in [5.74, 6) is -1.37. The topological polar surface area (TPSA) is 123 Å². The highest BCUT2D eigenvalue weighted by Crippen LogP contribution is 2.31. The third kappa shape index (κ3) is 5.70. The number of nitro benzene ring substituents is 1. The lowest BCUT2D eigenvalue weighted by Gasteiger charge is -2.22. The number of anilines is 1. The van der Waals surface area contributed by atoms with Crippen LogP contribution in [0.15, 0.2) is 41.4 Å². The molecule has 0 spiro atoms. The zero-order valence-corrected chi connectivity index (χ0v) is 17.6. The lowest BCUT2D eigenvalue weighted by molar-refractivity contribution is -0.384. The first-order chi connectivity index (χ1) is 14.8. The minimum absolute atomic E-state index is 0.101. The normalized spacial score (nSPS) is 17.2. The fourth-order valence-corrected chi connectivity index (χ4v) is 3.81. The van der Waals surface area contributed by atoms with E-state index in [1.165, 1.54) is 30.3 Å². The molecule has 2 aromatic rings. The Morgan fingerprint density at radius 3 is 2.87 bits per heavy atom. The molecule has 1 heterocycles. The molecule has 0 bridgehead atoms. The van der Waals surface area contributed by atoms with Crippen molar-refractivity contribution in [1.29, 1.82) is 0 Å². The molecule has 1 atom stereocenters. The highest BCUT2D eigenvalue weighted by molar-refractivity contribution is 8.15. The quantitative estimate of drug-likeness (QED) is 0.489. The van der Waals surface area contributed by atoms with Crippen LogP contribution in [0.1, 0.15) is 13.3 Å². The summed E-state index contributed by atoms with van der Waals surface area (Å²) in [5.41, 5.74) is 0.373. The van der Waals surface area contributed by atoms with Crippen LogP contribution in [-0.2, 0) is 9.59 Å². The van der Waals surface area contributed by atoms with Crippen LogP contribution in [0.4, 0.5) is 21.5 Å². The van der Waals surface area contributed by atoms with E-state index < -0.39 is 27.8 Å². The molecule has 0 radical (unpaired) electrons. The molecule has 2 amide bonds. The van der Waals surface area contributed by atoms with Crippen molar-refractivity contribution in [2.75, 3.05) is 11.9 Å². The molecule has 12 heteroatoms. The lowest BCUT2D eigenvalue weighted by atomic mass is 10.2. The van der Waals surface area contributed by atoms with Crippen LogP contribution in [0.2, 0.25) is 5.02 Å². The summed E-state index contributed by atoms with van der Waals surface area (Å²) in [7, 11) is 0. The van der Waals surface area contributed by atoms with E-state index in [4.69, 9.17) is 16.3 Å². The van der Waals surface area contributed by atoms with Gasteiger partial charge in [-0.25, -0.2) is 9.38 Å². The molecule has 0 saturated carbocycles. The second-order valence-electron chi connectivity index (χ2n) is 6.23. The van der Waals surface area contributed by atoms with Crippen LogP contribution in [0.5, 0.6) is 5.75 Å². The van der Waals surface area contributed by atoms with E-state index in [0.29, 0.717) is 5.69 Å². The predicted molar refractivity (Wildman–Crippen MR) is 116 cm³/mol. The smallest absolute Gasteiger partial charge is 0.273 e. The highest BCUT2D eigenvalue weighted by Gasteiger charge is 2.31. The minimum Gasteiger partial charge on any atom is -0.491 e. The third-order valence-corrected chi connectivity index (χ3v) is 5.40. The summed E-state index contributed by atoms with van der Waals surface area (Å²) in [5, 5.41) is 15.4. The summed E-state index contributed by atoms with van der Waals surface area (Å²) < 4.78 is 18.7. The standard InChI is InChI=1S/C19H16ClFN4O5S/c1-2-30-15-8-11(25(28)29)4-6-14(15)23-18(27)16-9-17(26)24-19(31-16)22-10-3-5-13(21)12(20)7-10/h3-8,16H,2,9H2,1H3,(H,23,27)(H,22,24,26)/t16-/m0/s1. The van der Waals surface area contributed by atoms with Gasteiger partial charge in [0.1, 0.15) is 16.8 Å². The second-order valence-corrected chi connectivity index (χ2v) is 7.83. The lowest BCUT2D eigenvalue weighted by Crippen LogP contribution is -2.41.